The van der Waals surface area contributed by atoms with Crippen LogP contribution in [0.1, 0.15) is 6.42 Å². The molecule has 6 heteroatoms. The minimum atomic E-state index is -2.89. The van der Waals surface area contributed by atoms with E-state index < -0.39 is 9.84 Å². The zero-order valence-electron chi connectivity index (χ0n) is 7.54. The second-order valence-electron chi connectivity index (χ2n) is 3.20. The molecule has 0 spiro atoms. The normalized spacial score (nSPS) is 25.8. The summed E-state index contributed by atoms with van der Waals surface area (Å²) in [6, 6.07) is -0.189. The van der Waals surface area contributed by atoms with Gasteiger partial charge in [-0.3, -0.25) is 4.79 Å². The van der Waals surface area contributed by atoms with Crippen molar-refractivity contribution in [3.8, 4) is 0 Å². The minimum absolute atomic E-state index is 0.0858. The molecule has 0 aliphatic carbocycles. The quantitative estimate of drug-likeness (QED) is 0.590. The van der Waals surface area contributed by atoms with Crippen molar-refractivity contribution in [2.24, 2.45) is 0 Å². The summed E-state index contributed by atoms with van der Waals surface area (Å²) in [5, 5.41) is 5.36. The Morgan fingerprint density at radius 2 is 2.23 bits per heavy atom. The number of carbonyl (C=O) groups excluding carboxylic acids is 1. The summed E-state index contributed by atoms with van der Waals surface area (Å²) in [7, 11) is -1.22. The van der Waals surface area contributed by atoms with Gasteiger partial charge in [-0.05, 0) is 13.5 Å². The highest BCUT2D eigenvalue weighted by Crippen LogP contribution is 2.10. The third-order valence-corrected chi connectivity index (χ3v) is 3.70. The summed E-state index contributed by atoms with van der Waals surface area (Å²) in [5.41, 5.74) is 0. The van der Waals surface area contributed by atoms with Crippen molar-refractivity contribution in [3.63, 3.8) is 0 Å². The molecular formula is C7H14N2O3S. The number of hydrogen-bond donors (Lipinski definition) is 2. The number of hydrogen-bond acceptors (Lipinski definition) is 4. The van der Waals surface area contributed by atoms with Crippen LogP contribution in [0.2, 0.25) is 0 Å². The lowest BCUT2D eigenvalue weighted by molar-refractivity contribution is -0.120. The van der Waals surface area contributed by atoms with Crippen LogP contribution in [0.25, 0.3) is 0 Å². The summed E-state index contributed by atoms with van der Waals surface area (Å²) >= 11 is 0. The summed E-state index contributed by atoms with van der Waals surface area (Å²) < 4.78 is 22.0. The van der Waals surface area contributed by atoms with E-state index in [2.05, 4.69) is 10.6 Å². The van der Waals surface area contributed by atoms with Gasteiger partial charge in [0.05, 0.1) is 18.1 Å². The highest BCUT2D eigenvalue weighted by atomic mass is 32.2. The molecule has 0 bridgehead atoms. The molecule has 0 aromatic heterocycles. The van der Waals surface area contributed by atoms with Gasteiger partial charge in [-0.2, -0.15) is 0 Å². The van der Waals surface area contributed by atoms with E-state index in [1.165, 1.54) is 0 Å². The van der Waals surface area contributed by atoms with Crippen LogP contribution in [0.5, 0.6) is 0 Å². The van der Waals surface area contributed by atoms with Crippen molar-refractivity contribution in [3.05, 3.63) is 0 Å². The number of amides is 1. The third-order valence-electron chi connectivity index (χ3n) is 1.93. The molecular weight excluding hydrogens is 192 g/mol. The highest BCUT2D eigenvalue weighted by molar-refractivity contribution is 7.91. The Morgan fingerprint density at radius 3 is 2.69 bits per heavy atom. The summed E-state index contributed by atoms with van der Waals surface area (Å²) in [5.74, 6) is 0.129. The first kappa shape index (κ1) is 10.5. The predicted molar refractivity (Wildman–Crippen MR) is 49.1 cm³/mol. The molecule has 2 N–H and O–H groups in total. The van der Waals surface area contributed by atoms with Crippen LogP contribution in [0.15, 0.2) is 0 Å². The lowest BCUT2D eigenvalue weighted by atomic mass is 10.2. The fraction of sp³-hybridized carbons (Fsp3) is 0.857. The molecule has 1 saturated heterocycles. The molecule has 13 heavy (non-hydrogen) atoms. The smallest absolute Gasteiger partial charge is 0.234 e. The maximum atomic E-state index is 11.0. The Kier molecular flexibility index (Phi) is 3.27. The fourth-order valence-corrected chi connectivity index (χ4v) is 3.02. The van der Waals surface area contributed by atoms with Gasteiger partial charge in [0.2, 0.25) is 5.91 Å². The average molecular weight is 206 g/mol. The van der Waals surface area contributed by atoms with Crippen LogP contribution in [0.3, 0.4) is 0 Å². The Morgan fingerprint density at radius 1 is 1.54 bits per heavy atom. The van der Waals surface area contributed by atoms with Gasteiger partial charge < -0.3 is 10.6 Å². The lowest BCUT2D eigenvalue weighted by Crippen LogP contribution is -2.40. The Bertz CT molecular complexity index is 286. The summed E-state index contributed by atoms with van der Waals surface area (Å²) in [6.07, 6.45) is 0.539. The van der Waals surface area contributed by atoms with Crippen LogP contribution in [-0.4, -0.2) is 45.5 Å². The van der Waals surface area contributed by atoms with E-state index in [-0.39, 0.29) is 30.0 Å². The van der Waals surface area contributed by atoms with Crippen LogP contribution in [0.4, 0.5) is 0 Å². The van der Waals surface area contributed by atoms with Crippen molar-refractivity contribution >= 4 is 15.7 Å². The zero-order chi connectivity index (χ0) is 9.90. The van der Waals surface area contributed by atoms with Crippen molar-refractivity contribution in [2.75, 3.05) is 25.1 Å². The van der Waals surface area contributed by atoms with Crippen molar-refractivity contribution in [1.29, 1.82) is 0 Å². The van der Waals surface area contributed by atoms with Crippen LogP contribution in [0, 0.1) is 0 Å². The SMILES string of the molecule is CNCC(=O)N[C@@H]1CCS(=O)(=O)C1. The minimum Gasteiger partial charge on any atom is -0.351 e. The van der Waals surface area contributed by atoms with E-state index in [4.69, 9.17) is 0 Å². The predicted octanol–water partition coefficient (Wildman–Crippen LogP) is -1.49. The van der Waals surface area contributed by atoms with Crippen LogP contribution >= 0.6 is 0 Å². The molecule has 1 rings (SSSR count). The maximum absolute atomic E-state index is 11.0. The Balaban J connectivity index is 2.36. The summed E-state index contributed by atoms with van der Waals surface area (Å²) in [4.78, 5) is 11.0. The van der Waals surface area contributed by atoms with Crippen LogP contribution in [-0.2, 0) is 14.6 Å². The molecule has 1 fully saturated rings. The topological polar surface area (TPSA) is 75.3 Å². The first-order valence-corrected chi connectivity index (χ1v) is 6.00. The molecule has 0 unspecified atom stereocenters. The monoisotopic (exact) mass is 206 g/mol. The summed E-state index contributed by atoms with van der Waals surface area (Å²) in [6.45, 7) is 0.233. The van der Waals surface area contributed by atoms with E-state index in [9.17, 15) is 13.2 Å². The second-order valence-corrected chi connectivity index (χ2v) is 5.43. The lowest BCUT2D eigenvalue weighted by Gasteiger charge is -2.09. The van der Waals surface area contributed by atoms with Gasteiger partial charge in [-0.15, -0.1) is 0 Å². The fourth-order valence-electron chi connectivity index (χ4n) is 1.35. The number of likely N-dealkylation sites (N-methyl/N-ethyl adjacent to an activating group) is 1. The molecule has 1 atom stereocenters. The van der Waals surface area contributed by atoms with Gasteiger partial charge in [0.15, 0.2) is 9.84 Å². The molecule has 1 aliphatic rings. The van der Waals surface area contributed by atoms with E-state index in [1.54, 1.807) is 7.05 Å². The molecule has 0 saturated carbocycles. The van der Waals surface area contributed by atoms with Gasteiger partial charge in [-0.1, -0.05) is 0 Å². The number of rotatable bonds is 3. The van der Waals surface area contributed by atoms with Crippen molar-refractivity contribution in [1.82, 2.24) is 10.6 Å². The maximum Gasteiger partial charge on any atom is 0.234 e. The first-order chi connectivity index (χ1) is 6.03. The zero-order valence-corrected chi connectivity index (χ0v) is 8.36. The number of nitrogens with one attached hydrogen (secondary N) is 2. The van der Waals surface area contributed by atoms with Gasteiger partial charge >= 0.3 is 0 Å². The molecule has 0 aromatic rings. The van der Waals surface area contributed by atoms with Gasteiger partial charge in [0.1, 0.15) is 0 Å². The van der Waals surface area contributed by atoms with E-state index >= 15 is 0 Å². The van der Waals surface area contributed by atoms with Gasteiger partial charge in [0.25, 0.3) is 0 Å². The van der Waals surface area contributed by atoms with E-state index in [0.717, 1.165) is 0 Å². The molecule has 76 valence electrons. The molecule has 0 aromatic carbocycles. The van der Waals surface area contributed by atoms with E-state index in [1.807, 2.05) is 0 Å². The number of carbonyl (C=O) groups is 1. The Labute approximate surface area is 77.8 Å². The number of sulfone groups is 1. The molecule has 1 heterocycles. The third kappa shape index (κ3) is 3.31. The van der Waals surface area contributed by atoms with Crippen molar-refractivity contribution in [2.45, 2.75) is 12.5 Å². The molecule has 5 nitrogen and oxygen atoms in total. The molecule has 1 aliphatic heterocycles. The molecule has 1 amide bonds. The van der Waals surface area contributed by atoms with E-state index in [0.29, 0.717) is 6.42 Å². The largest absolute Gasteiger partial charge is 0.351 e. The average Bonchev–Trinajstić information content (AvgIpc) is 2.30. The van der Waals surface area contributed by atoms with Crippen molar-refractivity contribution < 1.29 is 13.2 Å². The highest BCUT2D eigenvalue weighted by Gasteiger charge is 2.28. The standard InChI is InChI=1S/C7H14N2O3S/c1-8-4-7(10)9-6-2-3-13(11,12)5-6/h6,8H,2-5H2,1H3,(H,9,10)/t6-/m1/s1. The Hall–Kier alpha value is -0.620. The van der Waals surface area contributed by atoms with Crippen LogP contribution < -0.4 is 10.6 Å². The molecule has 0 radical (unpaired) electrons. The van der Waals surface area contributed by atoms with Gasteiger partial charge in [0, 0.05) is 6.04 Å². The van der Waals surface area contributed by atoms with Gasteiger partial charge in [-0.25, -0.2) is 8.42 Å². The first-order valence-electron chi connectivity index (χ1n) is 4.18. The second kappa shape index (κ2) is 4.06.